The van der Waals surface area contributed by atoms with Crippen molar-refractivity contribution < 1.29 is 9.53 Å². The van der Waals surface area contributed by atoms with Crippen LogP contribution in [0.5, 0.6) is 5.75 Å². The molecular weight excluding hydrogens is 338 g/mol. The van der Waals surface area contributed by atoms with Gasteiger partial charge in [-0.05, 0) is 53.9 Å². The summed E-state index contributed by atoms with van der Waals surface area (Å²) in [6.45, 7) is 4.21. The molecule has 2 N–H and O–H groups in total. The topological polar surface area (TPSA) is 63.2 Å². The summed E-state index contributed by atoms with van der Waals surface area (Å²) in [7, 11) is 1.63. The molecule has 0 aliphatic carbocycles. The molecule has 0 saturated heterocycles. The first-order valence-corrected chi connectivity index (χ1v) is 8.84. The SMILES string of the molecule is COc1ccc(Nc2ccc(C(=O)Nc3ccccc3C(C)C)cn2)cc1. The van der Waals surface area contributed by atoms with Gasteiger partial charge >= 0.3 is 0 Å². The van der Waals surface area contributed by atoms with Crippen LogP contribution in [-0.4, -0.2) is 18.0 Å². The second-order valence-electron chi connectivity index (χ2n) is 6.48. The number of benzene rings is 2. The van der Waals surface area contributed by atoms with Gasteiger partial charge in [0, 0.05) is 17.6 Å². The van der Waals surface area contributed by atoms with Crippen LogP contribution in [0.2, 0.25) is 0 Å². The van der Waals surface area contributed by atoms with Crippen LogP contribution in [0.3, 0.4) is 0 Å². The number of ether oxygens (including phenoxy) is 1. The third-order valence-electron chi connectivity index (χ3n) is 4.22. The number of rotatable bonds is 6. The fraction of sp³-hybridized carbons (Fsp3) is 0.182. The summed E-state index contributed by atoms with van der Waals surface area (Å²) < 4.78 is 5.15. The minimum absolute atomic E-state index is 0.174. The zero-order valence-electron chi connectivity index (χ0n) is 15.7. The zero-order valence-corrected chi connectivity index (χ0v) is 15.7. The predicted molar refractivity (Wildman–Crippen MR) is 109 cm³/mol. The third kappa shape index (κ3) is 4.64. The standard InChI is InChI=1S/C22H23N3O2/c1-15(2)19-6-4-5-7-20(19)25-22(26)16-8-13-21(23-14-16)24-17-9-11-18(27-3)12-10-17/h4-15H,1-3H3,(H,23,24)(H,25,26). The van der Waals surface area contributed by atoms with Crippen LogP contribution < -0.4 is 15.4 Å². The molecule has 138 valence electrons. The van der Waals surface area contributed by atoms with Crippen molar-refractivity contribution in [2.75, 3.05) is 17.7 Å². The maximum Gasteiger partial charge on any atom is 0.257 e. The van der Waals surface area contributed by atoms with E-state index in [0.717, 1.165) is 22.7 Å². The van der Waals surface area contributed by atoms with E-state index in [9.17, 15) is 4.79 Å². The molecule has 3 rings (SSSR count). The molecule has 3 aromatic rings. The molecule has 0 fully saturated rings. The average Bonchev–Trinajstić information content (AvgIpc) is 2.69. The van der Waals surface area contributed by atoms with Gasteiger partial charge in [-0.1, -0.05) is 32.0 Å². The van der Waals surface area contributed by atoms with Gasteiger partial charge in [0.15, 0.2) is 0 Å². The molecule has 1 aromatic heterocycles. The van der Waals surface area contributed by atoms with E-state index in [0.29, 0.717) is 17.3 Å². The van der Waals surface area contributed by atoms with E-state index in [1.54, 1.807) is 25.4 Å². The number of hydrogen-bond acceptors (Lipinski definition) is 4. The third-order valence-corrected chi connectivity index (χ3v) is 4.22. The molecule has 0 atom stereocenters. The van der Waals surface area contributed by atoms with Crippen LogP contribution in [0.15, 0.2) is 66.9 Å². The number of carbonyl (C=O) groups is 1. The molecule has 0 aliphatic rings. The first-order valence-electron chi connectivity index (χ1n) is 8.84. The largest absolute Gasteiger partial charge is 0.497 e. The van der Waals surface area contributed by atoms with Gasteiger partial charge in [0.1, 0.15) is 11.6 Å². The summed E-state index contributed by atoms with van der Waals surface area (Å²) in [6.07, 6.45) is 1.57. The van der Waals surface area contributed by atoms with E-state index in [1.165, 1.54) is 0 Å². The summed E-state index contributed by atoms with van der Waals surface area (Å²) in [4.78, 5) is 16.9. The first kappa shape index (κ1) is 18.5. The lowest BCUT2D eigenvalue weighted by Gasteiger charge is -2.13. The number of nitrogens with zero attached hydrogens (tertiary/aromatic N) is 1. The van der Waals surface area contributed by atoms with Crippen molar-refractivity contribution in [1.29, 1.82) is 0 Å². The van der Waals surface area contributed by atoms with Crippen molar-refractivity contribution in [3.63, 3.8) is 0 Å². The van der Waals surface area contributed by atoms with Crippen molar-refractivity contribution in [1.82, 2.24) is 4.98 Å². The van der Waals surface area contributed by atoms with E-state index in [4.69, 9.17) is 4.74 Å². The Bertz CT molecular complexity index is 904. The van der Waals surface area contributed by atoms with E-state index < -0.39 is 0 Å². The quantitative estimate of drug-likeness (QED) is 0.633. The molecule has 1 amide bonds. The lowest BCUT2D eigenvalue weighted by Crippen LogP contribution is -2.14. The Balaban J connectivity index is 1.68. The molecule has 0 saturated carbocycles. The van der Waals surface area contributed by atoms with Crippen molar-refractivity contribution in [2.24, 2.45) is 0 Å². The Morgan fingerprint density at radius 3 is 2.37 bits per heavy atom. The van der Waals surface area contributed by atoms with Gasteiger partial charge in [-0.2, -0.15) is 0 Å². The Morgan fingerprint density at radius 1 is 1.00 bits per heavy atom. The Morgan fingerprint density at radius 2 is 1.74 bits per heavy atom. The molecule has 5 heteroatoms. The number of pyridine rings is 1. The molecule has 0 aliphatic heterocycles. The molecule has 2 aromatic carbocycles. The van der Waals surface area contributed by atoms with E-state index in [2.05, 4.69) is 29.5 Å². The van der Waals surface area contributed by atoms with Crippen LogP contribution in [0, 0.1) is 0 Å². The highest BCUT2D eigenvalue weighted by atomic mass is 16.5. The highest BCUT2D eigenvalue weighted by Crippen LogP contribution is 2.24. The summed E-state index contributed by atoms with van der Waals surface area (Å²) in [5, 5.41) is 6.17. The zero-order chi connectivity index (χ0) is 19.2. The number of amides is 1. The number of hydrogen-bond donors (Lipinski definition) is 2. The van der Waals surface area contributed by atoms with Gasteiger partial charge in [-0.25, -0.2) is 4.98 Å². The van der Waals surface area contributed by atoms with E-state index in [-0.39, 0.29) is 5.91 Å². The van der Waals surface area contributed by atoms with Crippen LogP contribution in [0.1, 0.15) is 35.7 Å². The van der Waals surface area contributed by atoms with Gasteiger partial charge in [0.05, 0.1) is 12.7 Å². The van der Waals surface area contributed by atoms with Crippen molar-refractivity contribution in [3.8, 4) is 5.75 Å². The molecular formula is C22H23N3O2. The summed E-state index contributed by atoms with van der Waals surface area (Å²) >= 11 is 0. The normalized spacial score (nSPS) is 10.5. The maximum atomic E-state index is 12.5. The maximum absolute atomic E-state index is 12.5. The second kappa shape index (κ2) is 8.36. The lowest BCUT2D eigenvalue weighted by atomic mass is 10.0. The number of carbonyl (C=O) groups excluding carboxylic acids is 1. The molecule has 0 unspecified atom stereocenters. The predicted octanol–water partition coefficient (Wildman–Crippen LogP) is 5.21. The van der Waals surface area contributed by atoms with Crippen molar-refractivity contribution in [3.05, 3.63) is 78.0 Å². The van der Waals surface area contributed by atoms with Gasteiger partial charge in [-0.15, -0.1) is 0 Å². The lowest BCUT2D eigenvalue weighted by molar-refractivity contribution is 0.102. The highest BCUT2D eigenvalue weighted by Gasteiger charge is 2.11. The van der Waals surface area contributed by atoms with Crippen molar-refractivity contribution in [2.45, 2.75) is 19.8 Å². The van der Waals surface area contributed by atoms with Crippen LogP contribution in [0.25, 0.3) is 0 Å². The summed E-state index contributed by atoms with van der Waals surface area (Å²) in [6, 6.07) is 18.9. The van der Waals surface area contributed by atoms with E-state index >= 15 is 0 Å². The second-order valence-corrected chi connectivity index (χ2v) is 6.48. The minimum atomic E-state index is -0.174. The van der Waals surface area contributed by atoms with Crippen LogP contribution in [-0.2, 0) is 0 Å². The number of aromatic nitrogens is 1. The van der Waals surface area contributed by atoms with Crippen LogP contribution >= 0.6 is 0 Å². The minimum Gasteiger partial charge on any atom is -0.497 e. The highest BCUT2D eigenvalue weighted by molar-refractivity contribution is 6.04. The van der Waals surface area contributed by atoms with Gasteiger partial charge in [0.25, 0.3) is 5.91 Å². The molecule has 1 heterocycles. The fourth-order valence-corrected chi connectivity index (χ4v) is 2.73. The summed E-state index contributed by atoms with van der Waals surface area (Å²) in [5.74, 6) is 1.61. The average molecular weight is 361 g/mol. The number of para-hydroxylation sites is 1. The Labute approximate surface area is 159 Å². The first-order chi connectivity index (χ1) is 13.1. The monoisotopic (exact) mass is 361 g/mol. The van der Waals surface area contributed by atoms with Crippen LogP contribution in [0.4, 0.5) is 17.2 Å². The van der Waals surface area contributed by atoms with Gasteiger partial charge in [0.2, 0.25) is 0 Å². The smallest absolute Gasteiger partial charge is 0.257 e. The number of methoxy groups -OCH3 is 1. The number of nitrogens with one attached hydrogen (secondary N) is 2. The molecule has 5 nitrogen and oxygen atoms in total. The molecule has 27 heavy (non-hydrogen) atoms. The number of anilines is 3. The van der Waals surface area contributed by atoms with Gasteiger partial charge in [-0.3, -0.25) is 4.79 Å². The molecule has 0 spiro atoms. The molecule has 0 bridgehead atoms. The van der Waals surface area contributed by atoms with E-state index in [1.807, 2.05) is 48.5 Å². The summed E-state index contributed by atoms with van der Waals surface area (Å²) in [5.41, 5.74) is 3.34. The Hall–Kier alpha value is -3.34. The van der Waals surface area contributed by atoms with Crippen molar-refractivity contribution >= 4 is 23.1 Å². The van der Waals surface area contributed by atoms with Gasteiger partial charge < -0.3 is 15.4 Å². The Kier molecular flexibility index (Phi) is 5.71. The molecule has 0 radical (unpaired) electrons. The fourth-order valence-electron chi connectivity index (χ4n) is 2.73.